The first-order valence-electron chi connectivity index (χ1n) is 13.2. The van der Waals surface area contributed by atoms with Gasteiger partial charge in [-0.1, -0.05) is 11.6 Å². The van der Waals surface area contributed by atoms with Crippen LogP contribution >= 0.6 is 34.2 Å². The number of hydrogen-bond acceptors (Lipinski definition) is 6. The molecule has 1 aliphatic rings. The third kappa shape index (κ3) is 7.78. The molecular formula is C30H30ClIN4O6. The molecule has 42 heavy (non-hydrogen) atoms. The Morgan fingerprint density at radius 1 is 1.07 bits per heavy atom. The lowest BCUT2D eigenvalue weighted by atomic mass is 10.2. The van der Waals surface area contributed by atoms with E-state index in [2.05, 4.69) is 63.0 Å². The highest BCUT2D eigenvalue weighted by Gasteiger charge is 2.22. The van der Waals surface area contributed by atoms with Gasteiger partial charge in [0.05, 0.1) is 10.7 Å². The van der Waals surface area contributed by atoms with Crippen molar-refractivity contribution in [3.05, 3.63) is 97.3 Å². The van der Waals surface area contributed by atoms with Crippen LogP contribution in [0.3, 0.4) is 0 Å². The van der Waals surface area contributed by atoms with E-state index in [0.717, 1.165) is 37.4 Å². The lowest BCUT2D eigenvalue weighted by Gasteiger charge is -2.23. The third-order valence-electron chi connectivity index (χ3n) is 6.78. The summed E-state index contributed by atoms with van der Waals surface area (Å²) in [5, 5.41) is 17.4. The third-order valence-corrected chi connectivity index (χ3v) is 8.20. The maximum atomic E-state index is 12.9. The Balaban J connectivity index is 0.000000446. The number of carboxylic acid groups (broad SMARTS) is 2. The SMILES string of the molecule is CC(C)N1CCc2c(I)c3cc(-n4ccc(OCc5ccc(Cl)cn5)cc4=O)ccc3n2CC1.O=C(O)/C=C\C(=O)O. The molecule has 1 aliphatic heterocycles. The molecule has 220 valence electrons. The van der Waals surface area contributed by atoms with Crippen LogP contribution in [0.25, 0.3) is 16.6 Å². The number of carboxylic acids is 2. The Morgan fingerprint density at radius 2 is 1.81 bits per heavy atom. The van der Waals surface area contributed by atoms with E-state index in [1.807, 2.05) is 12.1 Å². The molecule has 3 aromatic heterocycles. The van der Waals surface area contributed by atoms with Crippen molar-refractivity contribution in [2.24, 2.45) is 0 Å². The van der Waals surface area contributed by atoms with Gasteiger partial charge in [-0.25, -0.2) is 9.59 Å². The van der Waals surface area contributed by atoms with E-state index in [4.69, 9.17) is 26.6 Å². The Kier molecular flexibility index (Phi) is 10.4. The van der Waals surface area contributed by atoms with E-state index in [9.17, 15) is 14.4 Å². The Labute approximate surface area is 260 Å². The van der Waals surface area contributed by atoms with E-state index in [0.29, 0.717) is 29.0 Å². The zero-order valence-corrected chi connectivity index (χ0v) is 25.9. The van der Waals surface area contributed by atoms with Crippen molar-refractivity contribution in [2.45, 2.75) is 39.5 Å². The van der Waals surface area contributed by atoms with Crippen LogP contribution in [0.1, 0.15) is 25.2 Å². The van der Waals surface area contributed by atoms with Crippen LogP contribution in [0.2, 0.25) is 5.02 Å². The van der Waals surface area contributed by atoms with Crippen LogP contribution in [-0.2, 0) is 29.2 Å². The quantitative estimate of drug-likeness (QED) is 0.203. The number of nitrogens with zero attached hydrogens (tertiary/aromatic N) is 4. The second kappa shape index (κ2) is 14.0. The Bertz CT molecular complexity index is 1660. The smallest absolute Gasteiger partial charge is 0.328 e. The molecule has 12 heteroatoms. The molecule has 5 rings (SSSR count). The number of rotatable bonds is 7. The van der Waals surface area contributed by atoms with Gasteiger partial charge in [0.1, 0.15) is 12.4 Å². The van der Waals surface area contributed by atoms with Crippen molar-refractivity contribution in [1.29, 1.82) is 0 Å². The molecule has 0 aliphatic carbocycles. The summed E-state index contributed by atoms with van der Waals surface area (Å²) in [5.74, 6) is -2.00. The van der Waals surface area contributed by atoms with Gasteiger partial charge in [0.15, 0.2) is 0 Å². The average molecular weight is 705 g/mol. The van der Waals surface area contributed by atoms with E-state index in [1.165, 1.54) is 26.2 Å². The number of fused-ring (bicyclic) bond motifs is 3. The average Bonchev–Trinajstić information content (AvgIpc) is 3.08. The van der Waals surface area contributed by atoms with E-state index < -0.39 is 11.9 Å². The van der Waals surface area contributed by atoms with Crippen molar-refractivity contribution < 1.29 is 24.5 Å². The Hall–Kier alpha value is -3.68. The van der Waals surface area contributed by atoms with Crippen LogP contribution in [0, 0.1) is 3.57 Å². The molecule has 1 aromatic carbocycles. The standard InChI is InChI=1S/C26H26ClIN4O2.C4H4O4/c1-17(2)30-9-8-24-26(28)22-13-20(5-6-23(22)32(24)12-11-30)31-10-7-21(14-25(31)33)34-16-19-4-3-18(27)15-29-19;5-3(6)1-2-4(7)8/h3-7,10,13-15,17H,8-9,11-12,16H2,1-2H3;1-2H,(H,5,6)(H,7,8)/b;2-1-. The second-order valence-electron chi connectivity index (χ2n) is 9.83. The van der Waals surface area contributed by atoms with Crippen molar-refractivity contribution in [1.82, 2.24) is 19.0 Å². The largest absolute Gasteiger partial charge is 0.487 e. The zero-order valence-electron chi connectivity index (χ0n) is 23.0. The molecule has 0 atom stereocenters. The summed E-state index contributed by atoms with van der Waals surface area (Å²) in [6.07, 6.45) is 5.50. The highest BCUT2D eigenvalue weighted by Crippen LogP contribution is 2.31. The molecular weight excluding hydrogens is 675 g/mol. The molecule has 0 radical (unpaired) electrons. The van der Waals surface area contributed by atoms with E-state index in [1.54, 1.807) is 29.1 Å². The van der Waals surface area contributed by atoms with Gasteiger partial charge in [0.25, 0.3) is 5.56 Å². The predicted octanol–water partition coefficient (Wildman–Crippen LogP) is 5.00. The van der Waals surface area contributed by atoms with Crippen LogP contribution < -0.4 is 10.3 Å². The number of carbonyl (C=O) groups is 2. The van der Waals surface area contributed by atoms with Gasteiger partial charge < -0.3 is 19.5 Å². The highest BCUT2D eigenvalue weighted by atomic mass is 127. The van der Waals surface area contributed by atoms with Gasteiger partial charge in [-0.2, -0.15) is 0 Å². The molecule has 0 spiro atoms. The monoisotopic (exact) mass is 704 g/mol. The summed E-state index contributed by atoms with van der Waals surface area (Å²) in [5.41, 5.74) is 4.09. The van der Waals surface area contributed by atoms with Crippen molar-refractivity contribution >= 4 is 57.0 Å². The highest BCUT2D eigenvalue weighted by molar-refractivity contribution is 14.1. The van der Waals surface area contributed by atoms with Gasteiger partial charge >= 0.3 is 11.9 Å². The minimum atomic E-state index is -1.26. The first kappa shape index (κ1) is 31.3. The number of aromatic nitrogens is 3. The molecule has 0 unspecified atom stereocenters. The number of hydrogen-bond donors (Lipinski definition) is 2. The van der Waals surface area contributed by atoms with Crippen molar-refractivity contribution in [2.75, 3.05) is 13.1 Å². The van der Waals surface area contributed by atoms with Gasteiger partial charge in [-0.3, -0.25) is 19.2 Å². The summed E-state index contributed by atoms with van der Waals surface area (Å²) in [6.45, 7) is 7.91. The maximum absolute atomic E-state index is 12.9. The molecule has 0 saturated carbocycles. The minimum Gasteiger partial charge on any atom is -0.487 e. The topological polar surface area (TPSA) is 127 Å². The number of halogens is 2. The van der Waals surface area contributed by atoms with Crippen LogP contribution in [0.5, 0.6) is 5.75 Å². The molecule has 10 nitrogen and oxygen atoms in total. The van der Waals surface area contributed by atoms with Crippen LogP contribution in [-0.4, -0.2) is 60.3 Å². The molecule has 0 amide bonds. The minimum absolute atomic E-state index is 0.135. The van der Waals surface area contributed by atoms with Gasteiger partial charge in [0.2, 0.25) is 0 Å². The van der Waals surface area contributed by atoms with Crippen molar-refractivity contribution in [3.8, 4) is 11.4 Å². The van der Waals surface area contributed by atoms with Gasteiger partial charge in [-0.05, 0) is 72.8 Å². The molecule has 4 heterocycles. The molecule has 0 fully saturated rings. The summed E-state index contributed by atoms with van der Waals surface area (Å²) in [7, 11) is 0. The number of ether oxygens (including phenoxy) is 1. The predicted molar refractivity (Wildman–Crippen MR) is 169 cm³/mol. The van der Waals surface area contributed by atoms with Gasteiger partial charge in [-0.15, -0.1) is 0 Å². The first-order chi connectivity index (χ1) is 20.0. The van der Waals surface area contributed by atoms with Crippen LogP contribution in [0.15, 0.2) is 71.8 Å². The fraction of sp³-hybridized carbons (Fsp3) is 0.267. The second-order valence-corrected chi connectivity index (χ2v) is 11.3. The summed E-state index contributed by atoms with van der Waals surface area (Å²) in [6, 6.07) is 13.7. The number of benzene rings is 1. The molecule has 2 N–H and O–H groups in total. The number of aliphatic carboxylic acids is 2. The maximum Gasteiger partial charge on any atom is 0.328 e. The lowest BCUT2D eigenvalue weighted by Crippen LogP contribution is -2.33. The normalized spacial score (nSPS) is 13.5. The fourth-order valence-electron chi connectivity index (χ4n) is 4.67. The van der Waals surface area contributed by atoms with E-state index >= 15 is 0 Å². The molecule has 0 saturated heterocycles. The lowest BCUT2D eigenvalue weighted by molar-refractivity contribution is -0.134. The van der Waals surface area contributed by atoms with Gasteiger partial charge in [0, 0.05) is 88.6 Å². The number of pyridine rings is 2. The van der Waals surface area contributed by atoms with Crippen molar-refractivity contribution in [3.63, 3.8) is 0 Å². The summed E-state index contributed by atoms with van der Waals surface area (Å²) < 4.78 is 11.2. The molecule has 4 aromatic rings. The van der Waals surface area contributed by atoms with Crippen LogP contribution in [0.4, 0.5) is 0 Å². The Morgan fingerprint density at radius 3 is 2.43 bits per heavy atom. The summed E-state index contributed by atoms with van der Waals surface area (Å²) >= 11 is 8.34. The first-order valence-corrected chi connectivity index (χ1v) is 14.6. The zero-order chi connectivity index (χ0) is 30.4. The van der Waals surface area contributed by atoms with E-state index in [-0.39, 0.29) is 12.2 Å². The molecule has 0 bridgehead atoms. The fourth-order valence-corrected chi connectivity index (χ4v) is 5.77. The summed E-state index contributed by atoms with van der Waals surface area (Å²) in [4.78, 5) is 38.8.